The van der Waals surface area contributed by atoms with E-state index >= 15 is 0 Å². The number of aryl methyl sites for hydroxylation is 2. The summed E-state index contributed by atoms with van der Waals surface area (Å²) in [6.07, 6.45) is 2.01. The van der Waals surface area contributed by atoms with Gasteiger partial charge in [-0.3, -0.25) is 14.5 Å². The fourth-order valence-electron chi connectivity index (χ4n) is 5.30. The standard InChI is InChI=1S/C22H31N3O4/c1-16-5-6-19-17(8-16)4-3-7-25(19)20(27)11-23-9-18-10-24(21(28)12-29-2)14-22(18,13-23)15-26/h5-6,8,18,26H,3-4,7,9-15H2,1-2H3. The van der Waals surface area contributed by atoms with Gasteiger partial charge in [0.05, 0.1) is 13.2 Å². The number of hydrogen-bond donors (Lipinski definition) is 1. The number of hydrogen-bond acceptors (Lipinski definition) is 5. The Kier molecular flexibility index (Phi) is 5.64. The van der Waals surface area contributed by atoms with Crippen LogP contribution in [0.2, 0.25) is 0 Å². The van der Waals surface area contributed by atoms with Crippen molar-refractivity contribution < 1.29 is 19.4 Å². The number of carbonyl (C=O) groups is 2. The summed E-state index contributed by atoms with van der Waals surface area (Å²) < 4.78 is 4.97. The lowest BCUT2D eigenvalue weighted by Crippen LogP contribution is -2.44. The molecular formula is C22H31N3O4. The van der Waals surface area contributed by atoms with E-state index in [0.29, 0.717) is 26.2 Å². The zero-order valence-corrected chi connectivity index (χ0v) is 17.4. The first-order chi connectivity index (χ1) is 14.0. The van der Waals surface area contributed by atoms with Crippen LogP contribution in [0.15, 0.2) is 18.2 Å². The molecule has 0 aliphatic carbocycles. The second-order valence-electron chi connectivity index (χ2n) is 8.88. The highest BCUT2D eigenvalue weighted by Gasteiger charge is 2.53. The first-order valence-corrected chi connectivity index (χ1v) is 10.5. The Morgan fingerprint density at radius 2 is 2.07 bits per heavy atom. The maximum absolute atomic E-state index is 13.1. The van der Waals surface area contributed by atoms with Crippen LogP contribution in [-0.2, 0) is 20.7 Å². The van der Waals surface area contributed by atoms with Gasteiger partial charge < -0.3 is 19.6 Å². The van der Waals surface area contributed by atoms with Crippen LogP contribution in [0.3, 0.4) is 0 Å². The molecule has 1 aromatic rings. The summed E-state index contributed by atoms with van der Waals surface area (Å²) in [5.74, 6) is 0.283. The van der Waals surface area contributed by atoms with Gasteiger partial charge in [0, 0.05) is 50.9 Å². The topological polar surface area (TPSA) is 73.3 Å². The van der Waals surface area contributed by atoms with Crippen molar-refractivity contribution in [3.8, 4) is 0 Å². The first-order valence-electron chi connectivity index (χ1n) is 10.5. The van der Waals surface area contributed by atoms with Gasteiger partial charge in [0.15, 0.2) is 0 Å². The number of methoxy groups -OCH3 is 1. The second-order valence-corrected chi connectivity index (χ2v) is 8.88. The van der Waals surface area contributed by atoms with Crippen LogP contribution >= 0.6 is 0 Å². The number of likely N-dealkylation sites (tertiary alicyclic amines) is 2. The lowest BCUT2D eigenvalue weighted by atomic mass is 9.82. The summed E-state index contributed by atoms with van der Waals surface area (Å²) in [4.78, 5) is 31.2. The smallest absolute Gasteiger partial charge is 0.248 e. The molecule has 2 unspecified atom stereocenters. The third-order valence-electron chi connectivity index (χ3n) is 6.78. The molecule has 4 rings (SSSR count). The highest BCUT2D eigenvalue weighted by Crippen LogP contribution is 2.42. The summed E-state index contributed by atoms with van der Waals surface area (Å²) >= 11 is 0. The summed E-state index contributed by atoms with van der Waals surface area (Å²) in [7, 11) is 1.52. The van der Waals surface area contributed by atoms with Gasteiger partial charge in [-0.2, -0.15) is 0 Å². The highest BCUT2D eigenvalue weighted by atomic mass is 16.5. The van der Waals surface area contributed by atoms with Crippen molar-refractivity contribution in [2.75, 3.05) is 64.5 Å². The summed E-state index contributed by atoms with van der Waals surface area (Å²) in [6, 6.07) is 6.31. The number of aliphatic hydroxyl groups excluding tert-OH is 1. The van der Waals surface area contributed by atoms with Gasteiger partial charge in [-0.05, 0) is 37.3 Å². The van der Waals surface area contributed by atoms with Gasteiger partial charge in [0.25, 0.3) is 0 Å². The maximum atomic E-state index is 13.1. The molecular weight excluding hydrogens is 370 g/mol. The van der Waals surface area contributed by atoms with Gasteiger partial charge in [-0.25, -0.2) is 0 Å². The molecule has 1 N–H and O–H groups in total. The zero-order valence-electron chi connectivity index (χ0n) is 17.4. The predicted octanol–water partition coefficient (Wildman–Crippen LogP) is 0.673. The average Bonchev–Trinajstić information content (AvgIpc) is 3.21. The molecule has 7 heteroatoms. The molecule has 2 fully saturated rings. The third-order valence-corrected chi connectivity index (χ3v) is 6.78. The Labute approximate surface area is 172 Å². The number of carbonyl (C=O) groups excluding carboxylic acids is 2. The van der Waals surface area contributed by atoms with Crippen LogP contribution in [0.25, 0.3) is 0 Å². The van der Waals surface area contributed by atoms with E-state index in [9.17, 15) is 14.7 Å². The van der Waals surface area contributed by atoms with Crippen molar-refractivity contribution in [1.82, 2.24) is 9.80 Å². The summed E-state index contributed by atoms with van der Waals surface area (Å²) in [5.41, 5.74) is 3.19. The van der Waals surface area contributed by atoms with Gasteiger partial charge >= 0.3 is 0 Å². The van der Waals surface area contributed by atoms with E-state index in [2.05, 4.69) is 30.0 Å². The fourth-order valence-corrected chi connectivity index (χ4v) is 5.30. The molecule has 0 bridgehead atoms. The minimum Gasteiger partial charge on any atom is -0.396 e. The monoisotopic (exact) mass is 401 g/mol. The van der Waals surface area contributed by atoms with E-state index in [1.54, 1.807) is 4.90 Å². The lowest BCUT2D eigenvalue weighted by Gasteiger charge is -2.32. The van der Waals surface area contributed by atoms with E-state index in [-0.39, 0.29) is 36.4 Å². The van der Waals surface area contributed by atoms with Crippen LogP contribution in [0.1, 0.15) is 17.5 Å². The quantitative estimate of drug-likeness (QED) is 0.785. The van der Waals surface area contributed by atoms with Crippen molar-refractivity contribution in [1.29, 1.82) is 0 Å². The van der Waals surface area contributed by atoms with E-state index in [1.807, 2.05) is 4.90 Å². The third kappa shape index (κ3) is 3.79. The number of ether oxygens (including phenoxy) is 1. The fraction of sp³-hybridized carbons (Fsp3) is 0.636. The lowest BCUT2D eigenvalue weighted by molar-refractivity contribution is -0.135. The van der Waals surface area contributed by atoms with E-state index in [1.165, 1.54) is 18.2 Å². The maximum Gasteiger partial charge on any atom is 0.248 e. The van der Waals surface area contributed by atoms with Gasteiger partial charge in [-0.15, -0.1) is 0 Å². The van der Waals surface area contributed by atoms with Crippen LogP contribution < -0.4 is 4.90 Å². The van der Waals surface area contributed by atoms with Crippen LogP contribution in [0.4, 0.5) is 5.69 Å². The van der Waals surface area contributed by atoms with Gasteiger partial charge in [0.1, 0.15) is 6.61 Å². The molecule has 0 aromatic heterocycles. The van der Waals surface area contributed by atoms with E-state index < -0.39 is 0 Å². The van der Waals surface area contributed by atoms with Crippen LogP contribution in [0, 0.1) is 18.3 Å². The number of aliphatic hydroxyl groups is 1. The molecule has 158 valence electrons. The van der Waals surface area contributed by atoms with Crippen LogP contribution in [-0.4, -0.2) is 86.3 Å². The minimum absolute atomic E-state index is 0.0300. The Morgan fingerprint density at radius 1 is 1.24 bits per heavy atom. The normalized spacial score (nSPS) is 26.5. The molecule has 7 nitrogen and oxygen atoms in total. The molecule has 0 radical (unpaired) electrons. The van der Waals surface area contributed by atoms with E-state index in [4.69, 9.17) is 4.74 Å². The minimum atomic E-state index is -0.333. The Morgan fingerprint density at radius 3 is 2.79 bits per heavy atom. The molecule has 0 saturated carbocycles. The van der Waals surface area contributed by atoms with Crippen molar-refractivity contribution in [3.05, 3.63) is 29.3 Å². The largest absolute Gasteiger partial charge is 0.396 e. The number of fused-ring (bicyclic) bond motifs is 2. The molecule has 2 atom stereocenters. The summed E-state index contributed by atoms with van der Waals surface area (Å²) in [6.45, 7) is 5.84. The summed E-state index contributed by atoms with van der Waals surface area (Å²) in [5, 5.41) is 10.1. The van der Waals surface area contributed by atoms with Crippen molar-refractivity contribution in [3.63, 3.8) is 0 Å². The highest BCUT2D eigenvalue weighted by molar-refractivity contribution is 5.96. The molecule has 2 saturated heterocycles. The Hall–Kier alpha value is -1.96. The van der Waals surface area contributed by atoms with Crippen molar-refractivity contribution >= 4 is 17.5 Å². The van der Waals surface area contributed by atoms with Crippen LogP contribution in [0.5, 0.6) is 0 Å². The molecule has 2 amide bonds. The first kappa shape index (κ1) is 20.3. The average molecular weight is 402 g/mol. The predicted molar refractivity (Wildman–Crippen MR) is 110 cm³/mol. The second kappa shape index (κ2) is 8.05. The zero-order chi connectivity index (χ0) is 20.6. The number of benzene rings is 1. The molecule has 3 aliphatic rings. The number of amides is 2. The molecule has 3 heterocycles. The molecule has 29 heavy (non-hydrogen) atoms. The van der Waals surface area contributed by atoms with Gasteiger partial charge in [0.2, 0.25) is 11.8 Å². The SMILES string of the molecule is COCC(=O)N1CC2CN(CC(=O)N3CCCc4cc(C)ccc43)CC2(CO)C1. The Bertz CT molecular complexity index is 798. The number of nitrogens with zero attached hydrogens (tertiary/aromatic N) is 3. The molecule has 1 aromatic carbocycles. The Balaban J connectivity index is 1.41. The number of rotatable bonds is 5. The van der Waals surface area contributed by atoms with Crippen molar-refractivity contribution in [2.45, 2.75) is 19.8 Å². The van der Waals surface area contributed by atoms with Crippen molar-refractivity contribution in [2.24, 2.45) is 11.3 Å². The van der Waals surface area contributed by atoms with Gasteiger partial charge in [-0.1, -0.05) is 17.7 Å². The van der Waals surface area contributed by atoms with E-state index in [0.717, 1.165) is 31.6 Å². The molecule has 3 aliphatic heterocycles. The number of anilines is 1. The molecule has 0 spiro atoms.